The number of aromatic nitrogens is 1. The molecular formula is C10H11NO3. The van der Waals surface area contributed by atoms with E-state index in [0.29, 0.717) is 18.8 Å². The SMILES string of the molecule is O=C(O[C@H]1CCOC1)c1cccnc1. The highest BCUT2D eigenvalue weighted by Crippen LogP contribution is 2.10. The number of nitrogens with zero attached hydrogens (tertiary/aromatic N) is 1. The van der Waals surface area contributed by atoms with Crippen LogP contribution in [0.5, 0.6) is 0 Å². The number of ether oxygens (including phenoxy) is 2. The second-order valence-corrected chi connectivity index (χ2v) is 3.13. The van der Waals surface area contributed by atoms with Crippen LogP contribution in [0.1, 0.15) is 16.8 Å². The molecule has 4 heteroatoms. The Morgan fingerprint density at radius 1 is 1.64 bits per heavy atom. The number of pyridine rings is 1. The van der Waals surface area contributed by atoms with Gasteiger partial charge in [0.05, 0.1) is 18.8 Å². The van der Waals surface area contributed by atoms with E-state index < -0.39 is 0 Å². The molecule has 0 spiro atoms. The van der Waals surface area contributed by atoms with Crippen LogP contribution < -0.4 is 0 Å². The molecular weight excluding hydrogens is 182 g/mol. The zero-order valence-electron chi connectivity index (χ0n) is 7.68. The largest absolute Gasteiger partial charge is 0.456 e. The van der Waals surface area contributed by atoms with Crippen LogP contribution in [0.25, 0.3) is 0 Å². The predicted octanol–water partition coefficient (Wildman–Crippen LogP) is 1.03. The van der Waals surface area contributed by atoms with Gasteiger partial charge in [-0.05, 0) is 12.1 Å². The molecule has 74 valence electrons. The van der Waals surface area contributed by atoms with Crippen molar-refractivity contribution in [3.63, 3.8) is 0 Å². The van der Waals surface area contributed by atoms with E-state index in [9.17, 15) is 4.79 Å². The summed E-state index contributed by atoms with van der Waals surface area (Å²) in [7, 11) is 0. The van der Waals surface area contributed by atoms with Crippen LogP contribution in [0.2, 0.25) is 0 Å². The zero-order chi connectivity index (χ0) is 9.80. The first-order chi connectivity index (χ1) is 6.86. The zero-order valence-corrected chi connectivity index (χ0v) is 7.68. The second kappa shape index (κ2) is 4.19. The van der Waals surface area contributed by atoms with Crippen LogP contribution in [0.4, 0.5) is 0 Å². The summed E-state index contributed by atoms with van der Waals surface area (Å²) < 4.78 is 10.3. The fourth-order valence-electron chi connectivity index (χ4n) is 1.31. The molecule has 0 N–H and O–H groups in total. The van der Waals surface area contributed by atoms with Gasteiger partial charge in [0.15, 0.2) is 0 Å². The maximum Gasteiger partial charge on any atom is 0.340 e. The number of esters is 1. The molecule has 1 fully saturated rings. The smallest absolute Gasteiger partial charge is 0.340 e. The lowest BCUT2D eigenvalue weighted by atomic mass is 10.3. The quantitative estimate of drug-likeness (QED) is 0.658. The molecule has 1 aliphatic rings. The summed E-state index contributed by atoms with van der Waals surface area (Å²) in [5.74, 6) is -0.325. The maximum atomic E-state index is 11.5. The maximum absolute atomic E-state index is 11.5. The van der Waals surface area contributed by atoms with Gasteiger partial charge in [-0.1, -0.05) is 0 Å². The molecule has 1 atom stereocenters. The van der Waals surface area contributed by atoms with Crippen molar-refractivity contribution < 1.29 is 14.3 Å². The normalized spacial score (nSPS) is 20.7. The topological polar surface area (TPSA) is 48.4 Å². The molecule has 0 unspecified atom stereocenters. The molecule has 0 saturated carbocycles. The van der Waals surface area contributed by atoms with Gasteiger partial charge in [0, 0.05) is 18.8 Å². The Labute approximate surface area is 81.9 Å². The van der Waals surface area contributed by atoms with Crippen LogP contribution in [-0.2, 0) is 9.47 Å². The van der Waals surface area contributed by atoms with Gasteiger partial charge in [-0.2, -0.15) is 0 Å². The molecule has 0 amide bonds. The van der Waals surface area contributed by atoms with Crippen molar-refractivity contribution in [3.05, 3.63) is 30.1 Å². The molecule has 2 heterocycles. The lowest BCUT2D eigenvalue weighted by Crippen LogP contribution is -2.18. The Bertz CT molecular complexity index is 306. The van der Waals surface area contributed by atoms with Crippen molar-refractivity contribution in [3.8, 4) is 0 Å². The van der Waals surface area contributed by atoms with Crippen LogP contribution in [0, 0.1) is 0 Å². The average molecular weight is 193 g/mol. The summed E-state index contributed by atoms with van der Waals surface area (Å²) in [6.07, 6.45) is 3.81. The van der Waals surface area contributed by atoms with Gasteiger partial charge in [-0.25, -0.2) is 4.79 Å². The van der Waals surface area contributed by atoms with Crippen molar-refractivity contribution in [2.75, 3.05) is 13.2 Å². The van der Waals surface area contributed by atoms with E-state index in [2.05, 4.69) is 4.98 Å². The Kier molecular flexibility index (Phi) is 2.74. The van der Waals surface area contributed by atoms with E-state index in [-0.39, 0.29) is 12.1 Å². The van der Waals surface area contributed by atoms with Gasteiger partial charge in [-0.15, -0.1) is 0 Å². The number of carbonyl (C=O) groups is 1. The van der Waals surface area contributed by atoms with Crippen molar-refractivity contribution in [1.29, 1.82) is 0 Å². The monoisotopic (exact) mass is 193 g/mol. The fraction of sp³-hybridized carbons (Fsp3) is 0.400. The van der Waals surface area contributed by atoms with E-state index in [1.165, 1.54) is 6.20 Å². The number of rotatable bonds is 2. The van der Waals surface area contributed by atoms with Crippen LogP contribution in [0.3, 0.4) is 0 Å². The molecule has 1 saturated heterocycles. The third-order valence-electron chi connectivity index (χ3n) is 2.06. The standard InChI is InChI=1S/C10H11NO3/c12-10(8-2-1-4-11-6-8)14-9-3-5-13-7-9/h1-2,4,6,9H,3,5,7H2/t9-/m0/s1. The average Bonchev–Trinajstić information content (AvgIpc) is 2.72. The first kappa shape index (κ1) is 9.15. The van der Waals surface area contributed by atoms with Crippen molar-refractivity contribution in [2.45, 2.75) is 12.5 Å². The summed E-state index contributed by atoms with van der Waals surface area (Å²) in [6, 6.07) is 3.40. The van der Waals surface area contributed by atoms with Gasteiger partial charge < -0.3 is 9.47 Å². The van der Waals surface area contributed by atoms with Gasteiger partial charge in [-0.3, -0.25) is 4.98 Å². The lowest BCUT2D eigenvalue weighted by molar-refractivity contribution is 0.0270. The van der Waals surface area contributed by atoms with Crippen LogP contribution in [0.15, 0.2) is 24.5 Å². The highest BCUT2D eigenvalue weighted by atomic mass is 16.6. The number of hydrogen-bond donors (Lipinski definition) is 0. The van der Waals surface area contributed by atoms with Crippen LogP contribution in [-0.4, -0.2) is 30.3 Å². The van der Waals surface area contributed by atoms with Crippen LogP contribution >= 0.6 is 0 Å². The van der Waals surface area contributed by atoms with Gasteiger partial charge in [0.1, 0.15) is 6.10 Å². The van der Waals surface area contributed by atoms with Crippen molar-refractivity contribution in [1.82, 2.24) is 4.98 Å². The Balaban J connectivity index is 1.95. The Morgan fingerprint density at radius 2 is 2.57 bits per heavy atom. The van der Waals surface area contributed by atoms with Gasteiger partial charge >= 0.3 is 5.97 Å². The van der Waals surface area contributed by atoms with E-state index in [4.69, 9.17) is 9.47 Å². The Morgan fingerprint density at radius 3 is 3.21 bits per heavy atom. The molecule has 0 aliphatic carbocycles. The first-order valence-electron chi connectivity index (χ1n) is 4.55. The summed E-state index contributed by atoms with van der Waals surface area (Å²) >= 11 is 0. The molecule has 14 heavy (non-hydrogen) atoms. The molecule has 1 aromatic heterocycles. The summed E-state index contributed by atoms with van der Waals surface area (Å²) in [5.41, 5.74) is 0.486. The third-order valence-corrected chi connectivity index (χ3v) is 2.06. The summed E-state index contributed by atoms with van der Waals surface area (Å²) in [4.78, 5) is 15.3. The lowest BCUT2D eigenvalue weighted by Gasteiger charge is -2.09. The van der Waals surface area contributed by atoms with Crippen molar-refractivity contribution in [2.24, 2.45) is 0 Å². The Hall–Kier alpha value is -1.42. The minimum absolute atomic E-state index is 0.0947. The van der Waals surface area contributed by atoms with E-state index >= 15 is 0 Å². The van der Waals surface area contributed by atoms with Crippen molar-refractivity contribution >= 4 is 5.97 Å². The predicted molar refractivity (Wildman–Crippen MR) is 48.9 cm³/mol. The highest BCUT2D eigenvalue weighted by Gasteiger charge is 2.20. The first-order valence-corrected chi connectivity index (χ1v) is 4.55. The minimum Gasteiger partial charge on any atom is -0.456 e. The number of carbonyl (C=O) groups excluding carboxylic acids is 1. The molecule has 1 aliphatic heterocycles. The van der Waals surface area contributed by atoms with Gasteiger partial charge in [0.25, 0.3) is 0 Å². The highest BCUT2D eigenvalue weighted by molar-refractivity contribution is 5.89. The van der Waals surface area contributed by atoms with E-state index in [1.807, 2.05) is 0 Å². The number of hydrogen-bond acceptors (Lipinski definition) is 4. The van der Waals surface area contributed by atoms with Gasteiger partial charge in [0.2, 0.25) is 0 Å². The van der Waals surface area contributed by atoms with E-state index in [0.717, 1.165) is 6.42 Å². The minimum atomic E-state index is -0.325. The molecule has 0 bridgehead atoms. The molecule has 4 nitrogen and oxygen atoms in total. The van der Waals surface area contributed by atoms with E-state index in [1.54, 1.807) is 18.3 Å². The summed E-state index contributed by atoms with van der Waals surface area (Å²) in [5, 5.41) is 0. The second-order valence-electron chi connectivity index (χ2n) is 3.13. The summed E-state index contributed by atoms with van der Waals surface area (Å²) in [6.45, 7) is 1.18. The fourth-order valence-corrected chi connectivity index (χ4v) is 1.31. The molecule has 0 aromatic carbocycles. The molecule has 2 rings (SSSR count). The molecule has 0 radical (unpaired) electrons. The molecule has 1 aromatic rings. The third kappa shape index (κ3) is 2.09.